The second-order valence-corrected chi connectivity index (χ2v) is 12.5. The van der Waals surface area contributed by atoms with Gasteiger partial charge in [-0.25, -0.2) is 4.90 Å². The first-order valence-electron chi connectivity index (χ1n) is 16.5. The number of benzene rings is 5. The van der Waals surface area contributed by atoms with E-state index in [1.807, 2.05) is 89.5 Å². The Morgan fingerprint density at radius 3 is 1.69 bits per heavy atom. The molecule has 0 fully saturated rings. The number of nitrogens with zero attached hydrogens (tertiary/aromatic N) is 6. The molecule has 4 heterocycles. The fraction of sp³-hybridized carbons (Fsp3) is 0. The van der Waals surface area contributed by atoms with Crippen molar-refractivity contribution in [1.29, 1.82) is 10.5 Å². The lowest BCUT2D eigenvalue weighted by molar-refractivity contribution is 0.0926. The van der Waals surface area contributed by atoms with Crippen LogP contribution < -0.4 is 4.90 Å². The molecule has 1 aliphatic heterocycles. The van der Waals surface area contributed by atoms with E-state index >= 15 is 0 Å². The number of hydrogen-bond donors (Lipinski definition) is 0. The summed E-state index contributed by atoms with van der Waals surface area (Å²) in [6.07, 6.45) is 6.50. The molecule has 0 atom stereocenters. The summed E-state index contributed by atoms with van der Waals surface area (Å²) < 4.78 is 2.03. The van der Waals surface area contributed by atoms with Gasteiger partial charge in [0.1, 0.15) is 12.1 Å². The molecule has 52 heavy (non-hydrogen) atoms. The molecule has 1 aliphatic rings. The van der Waals surface area contributed by atoms with Crippen LogP contribution in [-0.4, -0.2) is 26.3 Å². The standard InChI is InChI=1S/C44H24N6O2/c45-21-27-16-33(25-47-23-27)31-12-14-39-37(19-31)38-20-32(34-17-28(22-46)24-48-26-34)13-15-40(38)50(39)41-11-5-10-36-42(41)44(52)49(43(36)51)35-9-4-8-30(18-35)29-6-2-1-3-7-29/h1-20,23-26H. The number of carbonyl (C=O) groups is 2. The van der Waals surface area contributed by atoms with Crippen LogP contribution in [0.2, 0.25) is 0 Å². The highest BCUT2D eigenvalue weighted by molar-refractivity contribution is 6.36. The van der Waals surface area contributed by atoms with Gasteiger partial charge in [0.15, 0.2) is 0 Å². The summed E-state index contributed by atoms with van der Waals surface area (Å²) in [6.45, 7) is 0. The zero-order valence-corrected chi connectivity index (χ0v) is 27.4. The van der Waals surface area contributed by atoms with Crippen molar-refractivity contribution in [1.82, 2.24) is 14.5 Å². The van der Waals surface area contributed by atoms with Crippen molar-refractivity contribution in [3.05, 3.63) is 168 Å². The Morgan fingerprint density at radius 2 is 1.08 bits per heavy atom. The first kappa shape index (κ1) is 30.4. The molecule has 9 rings (SSSR count). The Balaban J connectivity index is 1.24. The molecule has 242 valence electrons. The van der Waals surface area contributed by atoms with E-state index in [4.69, 9.17) is 0 Å². The average Bonchev–Trinajstić information content (AvgIpc) is 3.67. The minimum Gasteiger partial charge on any atom is -0.308 e. The predicted octanol–water partition coefficient (Wildman–Crippen LogP) is 9.12. The van der Waals surface area contributed by atoms with Crippen LogP contribution in [-0.2, 0) is 0 Å². The van der Waals surface area contributed by atoms with E-state index in [0.29, 0.717) is 33.6 Å². The maximum Gasteiger partial charge on any atom is 0.268 e. The van der Waals surface area contributed by atoms with E-state index in [0.717, 1.165) is 55.2 Å². The zero-order valence-electron chi connectivity index (χ0n) is 27.4. The van der Waals surface area contributed by atoms with Crippen LogP contribution in [0.15, 0.2) is 146 Å². The summed E-state index contributed by atoms with van der Waals surface area (Å²) in [5.74, 6) is -0.782. The lowest BCUT2D eigenvalue weighted by Crippen LogP contribution is -2.29. The summed E-state index contributed by atoms with van der Waals surface area (Å²) >= 11 is 0. The smallest absolute Gasteiger partial charge is 0.268 e. The molecular formula is C44H24N6O2. The minimum atomic E-state index is -0.400. The van der Waals surface area contributed by atoms with Crippen molar-refractivity contribution in [2.24, 2.45) is 0 Å². The summed E-state index contributed by atoms with van der Waals surface area (Å²) in [4.78, 5) is 38.3. The van der Waals surface area contributed by atoms with Gasteiger partial charge < -0.3 is 4.57 Å². The normalized spacial score (nSPS) is 12.2. The summed E-state index contributed by atoms with van der Waals surface area (Å²) in [5, 5.41) is 20.8. The molecule has 0 radical (unpaired) electrons. The largest absolute Gasteiger partial charge is 0.308 e. The predicted molar refractivity (Wildman–Crippen MR) is 200 cm³/mol. The van der Waals surface area contributed by atoms with Crippen LogP contribution >= 0.6 is 0 Å². The third kappa shape index (κ3) is 4.83. The van der Waals surface area contributed by atoms with Gasteiger partial charge in [0.2, 0.25) is 0 Å². The number of imide groups is 1. The molecule has 0 saturated heterocycles. The third-order valence-electron chi connectivity index (χ3n) is 9.51. The Kier molecular flexibility index (Phi) is 7.03. The van der Waals surface area contributed by atoms with Gasteiger partial charge in [-0.3, -0.25) is 19.6 Å². The van der Waals surface area contributed by atoms with Crippen molar-refractivity contribution in [3.63, 3.8) is 0 Å². The maximum absolute atomic E-state index is 14.5. The van der Waals surface area contributed by atoms with Crippen molar-refractivity contribution in [2.45, 2.75) is 0 Å². The van der Waals surface area contributed by atoms with Gasteiger partial charge in [0.25, 0.3) is 11.8 Å². The SMILES string of the molecule is N#Cc1cncc(-c2ccc3c(c2)c2cc(-c4cncc(C#N)c4)ccc2n3-c2cccc3c2C(=O)N(c2cccc(-c4ccccc4)c2)C3=O)c1. The second-order valence-electron chi connectivity index (χ2n) is 12.5. The molecule has 0 unspecified atom stereocenters. The first-order valence-corrected chi connectivity index (χ1v) is 16.5. The van der Waals surface area contributed by atoms with E-state index in [9.17, 15) is 20.1 Å². The average molecular weight is 669 g/mol. The molecule has 0 aliphatic carbocycles. The zero-order chi connectivity index (χ0) is 35.3. The van der Waals surface area contributed by atoms with Gasteiger partial charge in [-0.05, 0) is 82.9 Å². The number of hydrogen-bond acceptors (Lipinski definition) is 6. The van der Waals surface area contributed by atoms with Crippen molar-refractivity contribution < 1.29 is 9.59 Å². The van der Waals surface area contributed by atoms with E-state index in [2.05, 4.69) is 34.2 Å². The molecule has 8 heteroatoms. The van der Waals surface area contributed by atoms with Gasteiger partial charge in [0.05, 0.1) is 44.7 Å². The third-order valence-corrected chi connectivity index (χ3v) is 9.51. The van der Waals surface area contributed by atoms with Crippen LogP contribution in [0.4, 0.5) is 5.69 Å². The van der Waals surface area contributed by atoms with E-state index in [1.54, 1.807) is 36.7 Å². The highest BCUT2D eigenvalue weighted by atomic mass is 16.2. The van der Waals surface area contributed by atoms with E-state index in [-0.39, 0.29) is 5.91 Å². The second kappa shape index (κ2) is 12.0. The van der Waals surface area contributed by atoms with Crippen molar-refractivity contribution in [2.75, 3.05) is 4.90 Å². The number of fused-ring (bicyclic) bond motifs is 4. The number of aromatic nitrogens is 3. The number of pyridine rings is 2. The van der Waals surface area contributed by atoms with Gasteiger partial charge >= 0.3 is 0 Å². The lowest BCUT2D eigenvalue weighted by Gasteiger charge is -2.16. The Hall–Kier alpha value is -7.68. The quantitative estimate of drug-likeness (QED) is 0.169. The lowest BCUT2D eigenvalue weighted by atomic mass is 10.0. The topological polar surface area (TPSA) is 116 Å². The van der Waals surface area contributed by atoms with Crippen molar-refractivity contribution >= 4 is 39.3 Å². The van der Waals surface area contributed by atoms with Gasteiger partial charge in [-0.2, -0.15) is 10.5 Å². The number of amides is 2. The number of rotatable bonds is 5. The monoisotopic (exact) mass is 668 g/mol. The van der Waals surface area contributed by atoms with E-state index < -0.39 is 5.91 Å². The first-order chi connectivity index (χ1) is 25.5. The molecule has 8 nitrogen and oxygen atoms in total. The highest BCUT2D eigenvalue weighted by Crippen LogP contribution is 2.40. The molecule has 0 saturated carbocycles. The fourth-order valence-electron chi connectivity index (χ4n) is 7.10. The summed E-state index contributed by atoms with van der Waals surface area (Å²) in [5.41, 5.74) is 9.47. The summed E-state index contributed by atoms with van der Waals surface area (Å²) in [7, 11) is 0. The molecule has 0 bridgehead atoms. The highest BCUT2D eigenvalue weighted by Gasteiger charge is 2.39. The molecule has 5 aromatic carbocycles. The molecule has 0 spiro atoms. The number of carbonyl (C=O) groups excluding carboxylic acids is 2. The number of nitriles is 2. The Labute approximate surface area is 297 Å². The van der Waals surface area contributed by atoms with Crippen LogP contribution in [0, 0.1) is 22.7 Å². The van der Waals surface area contributed by atoms with Crippen LogP contribution in [0.3, 0.4) is 0 Å². The van der Waals surface area contributed by atoms with Crippen LogP contribution in [0.5, 0.6) is 0 Å². The van der Waals surface area contributed by atoms with Gasteiger partial charge in [-0.15, -0.1) is 0 Å². The molecular weight excluding hydrogens is 645 g/mol. The number of anilines is 1. The van der Waals surface area contributed by atoms with Crippen molar-refractivity contribution in [3.8, 4) is 51.2 Å². The fourth-order valence-corrected chi connectivity index (χ4v) is 7.10. The van der Waals surface area contributed by atoms with Crippen LogP contribution in [0.1, 0.15) is 31.8 Å². The molecule has 8 aromatic rings. The molecule has 0 N–H and O–H groups in total. The molecule has 3 aromatic heterocycles. The molecule has 2 amide bonds. The minimum absolute atomic E-state index is 0.321. The maximum atomic E-state index is 14.5. The van der Waals surface area contributed by atoms with Gasteiger partial charge in [-0.1, -0.05) is 60.7 Å². The Bertz CT molecular complexity index is 2760. The van der Waals surface area contributed by atoms with E-state index in [1.165, 1.54) is 17.3 Å². The van der Waals surface area contributed by atoms with Gasteiger partial charge in [0, 0.05) is 46.7 Å². The Morgan fingerprint density at radius 1 is 0.500 bits per heavy atom. The summed E-state index contributed by atoms with van der Waals surface area (Å²) in [6, 6.07) is 42.6. The van der Waals surface area contributed by atoms with Crippen LogP contribution in [0.25, 0.3) is 60.9 Å².